The molecule has 0 bridgehead atoms. The van der Waals surface area contributed by atoms with Crippen molar-refractivity contribution in [1.82, 2.24) is 24.6 Å². The van der Waals surface area contributed by atoms with Crippen LogP contribution in [0.3, 0.4) is 0 Å². The molecule has 1 atom stereocenters. The molecule has 13 nitrogen and oxygen atoms in total. The molecule has 2 fully saturated rings. The molecule has 3 amide bonds. The van der Waals surface area contributed by atoms with Crippen LogP contribution < -0.4 is 15.1 Å². The number of hydrogen-bond donors (Lipinski definition) is 1. The minimum atomic E-state index is -1.76. The second kappa shape index (κ2) is 13.6. The van der Waals surface area contributed by atoms with Gasteiger partial charge in [-0.15, -0.1) is 0 Å². The number of nitrogens with zero attached hydrogens (tertiary/aromatic N) is 6. The van der Waals surface area contributed by atoms with E-state index >= 15 is 8.78 Å². The molecule has 2 aromatic heterocycles. The van der Waals surface area contributed by atoms with Crippen LogP contribution in [0.25, 0.3) is 5.65 Å². The van der Waals surface area contributed by atoms with Crippen molar-refractivity contribution in [1.29, 1.82) is 0 Å². The van der Waals surface area contributed by atoms with Gasteiger partial charge < -0.3 is 29.0 Å². The number of carbonyl (C=O) groups excluding carboxylic acids is 4. The number of alkyl halides is 3. The number of ether oxygens (including phenoxy) is 2. The zero-order valence-electron chi connectivity index (χ0n) is 23.4. The molecular weight excluding hydrogens is 663 g/mol. The number of halogens is 5. The number of amides is 3. The monoisotopic (exact) mass is 687 g/mol. The SMILES string of the molecule is O=C(CC[C@H]1CN(c2cc(F)c(N3CCN(C(=O)CNC(=O)c4cn5ccncc5n4)CC3)c(F)c2)C(=O)O1)OCC(Cl)(Cl)Cl. The van der Waals surface area contributed by atoms with Crippen molar-refractivity contribution >= 4 is 75.7 Å². The van der Waals surface area contributed by atoms with E-state index in [4.69, 9.17) is 44.3 Å². The first-order valence-corrected chi connectivity index (χ1v) is 14.8. The standard InChI is InChI=1S/C27H26Cl3F2N7O6/c28-27(29,30)15-44-23(41)2-1-17-13-39(26(43)45-17)16-9-18(31)24(19(32)10-16)37-7-5-36(6-8-37)22(40)12-34-25(42)20-14-38-4-3-33-11-21(38)35-20/h3-4,9-11,14,17H,1-2,5-8,12-13,15H2,(H,34,42)/t17-/m0/s1. The lowest BCUT2D eigenvalue weighted by atomic mass is 10.1. The number of carbonyl (C=O) groups is 4. The molecule has 4 heterocycles. The number of imidazole rings is 1. The fraction of sp³-hybridized carbons (Fsp3) is 0.407. The normalized spacial score (nSPS) is 17.0. The van der Waals surface area contributed by atoms with Crippen LogP contribution in [0.1, 0.15) is 23.3 Å². The van der Waals surface area contributed by atoms with Crippen LogP contribution in [0, 0.1) is 11.6 Å². The Bertz CT molecular complexity index is 1560. The average Bonchev–Trinajstić information content (AvgIpc) is 3.60. The van der Waals surface area contributed by atoms with Gasteiger partial charge in [0.05, 0.1) is 25.0 Å². The summed E-state index contributed by atoms with van der Waals surface area (Å²) in [5.41, 5.74) is 0.274. The predicted octanol–water partition coefficient (Wildman–Crippen LogP) is 3.10. The Balaban J connectivity index is 1.11. The molecule has 2 aliphatic rings. The highest BCUT2D eigenvalue weighted by Crippen LogP contribution is 2.32. The van der Waals surface area contributed by atoms with Gasteiger partial charge in [0.15, 0.2) is 17.3 Å². The molecule has 3 aromatic rings. The molecular formula is C27H26Cl3F2N7O6. The van der Waals surface area contributed by atoms with Gasteiger partial charge in [-0.05, 0) is 6.42 Å². The summed E-state index contributed by atoms with van der Waals surface area (Å²) in [7, 11) is 0. The highest BCUT2D eigenvalue weighted by atomic mass is 35.6. The van der Waals surface area contributed by atoms with Crippen molar-refractivity contribution in [3.63, 3.8) is 0 Å². The smallest absolute Gasteiger partial charge is 0.414 e. The van der Waals surface area contributed by atoms with Crippen molar-refractivity contribution in [2.75, 3.05) is 55.7 Å². The quantitative estimate of drug-likeness (QED) is 0.266. The summed E-state index contributed by atoms with van der Waals surface area (Å²) in [6, 6.07) is 2.06. The van der Waals surface area contributed by atoms with E-state index in [0.717, 1.165) is 17.0 Å². The third kappa shape index (κ3) is 8.02. The van der Waals surface area contributed by atoms with E-state index < -0.39 is 46.1 Å². The number of rotatable bonds is 9. The molecule has 18 heteroatoms. The molecule has 0 unspecified atom stereocenters. The van der Waals surface area contributed by atoms with Crippen molar-refractivity contribution in [2.24, 2.45) is 0 Å². The van der Waals surface area contributed by atoms with E-state index in [-0.39, 0.29) is 75.1 Å². The number of anilines is 2. The van der Waals surface area contributed by atoms with Crippen LogP contribution in [0.2, 0.25) is 0 Å². The van der Waals surface area contributed by atoms with E-state index in [1.54, 1.807) is 16.8 Å². The lowest BCUT2D eigenvalue weighted by Gasteiger charge is -2.36. The van der Waals surface area contributed by atoms with Crippen LogP contribution in [-0.4, -0.2) is 98.9 Å². The lowest BCUT2D eigenvalue weighted by molar-refractivity contribution is -0.144. The maximum Gasteiger partial charge on any atom is 0.414 e. The largest absolute Gasteiger partial charge is 0.461 e. The fourth-order valence-electron chi connectivity index (χ4n) is 4.90. The minimum absolute atomic E-state index is 0.0412. The number of nitrogens with one attached hydrogen (secondary N) is 1. The summed E-state index contributed by atoms with van der Waals surface area (Å²) in [5, 5.41) is 2.54. The van der Waals surface area contributed by atoms with E-state index in [2.05, 4.69) is 15.3 Å². The minimum Gasteiger partial charge on any atom is -0.461 e. The van der Waals surface area contributed by atoms with Gasteiger partial charge in [-0.1, -0.05) is 34.8 Å². The summed E-state index contributed by atoms with van der Waals surface area (Å²) in [4.78, 5) is 61.6. The predicted molar refractivity (Wildman–Crippen MR) is 159 cm³/mol. The Morgan fingerprint density at radius 3 is 2.49 bits per heavy atom. The number of aromatic nitrogens is 3. The summed E-state index contributed by atoms with van der Waals surface area (Å²) >= 11 is 16.6. The molecule has 1 N–H and O–H groups in total. The van der Waals surface area contributed by atoms with E-state index in [1.807, 2.05) is 0 Å². The number of piperazine rings is 1. The first-order chi connectivity index (χ1) is 21.4. The highest BCUT2D eigenvalue weighted by Gasteiger charge is 2.35. The number of cyclic esters (lactones) is 1. The average molecular weight is 689 g/mol. The van der Waals surface area contributed by atoms with Crippen molar-refractivity contribution in [2.45, 2.75) is 22.7 Å². The van der Waals surface area contributed by atoms with Gasteiger partial charge in [-0.2, -0.15) is 0 Å². The van der Waals surface area contributed by atoms with Crippen LogP contribution in [-0.2, 0) is 19.1 Å². The summed E-state index contributed by atoms with van der Waals surface area (Å²) in [6.07, 6.45) is 4.62. The van der Waals surface area contributed by atoms with Gasteiger partial charge >= 0.3 is 12.1 Å². The number of fused-ring (bicyclic) bond motifs is 1. The van der Waals surface area contributed by atoms with Gasteiger partial charge in [0.1, 0.15) is 24.1 Å². The van der Waals surface area contributed by atoms with E-state index in [1.165, 1.54) is 22.2 Å². The van der Waals surface area contributed by atoms with Crippen LogP contribution in [0.5, 0.6) is 0 Å². The molecule has 45 heavy (non-hydrogen) atoms. The topological polar surface area (TPSA) is 139 Å². The first kappa shape index (κ1) is 32.4. The van der Waals surface area contributed by atoms with Crippen molar-refractivity contribution in [3.05, 3.63) is 54.2 Å². The Kier molecular flexibility index (Phi) is 9.79. The van der Waals surface area contributed by atoms with Gasteiger partial charge in [0.25, 0.3) is 5.91 Å². The highest BCUT2D eigenvalue weighted by molar-refractivity contribution is 6.67. The van der Waals surface area contributed by atoms with Crippen LogP contribution in [0.4, 0.5) is 25.0 Å². The summed E-state index contributed by atoms with van der Waals surface area (Å²) in [6.45, 7) is -0.154. The Hall–Kier alpha value is -3.95. The second-order valence-electron chi connectivity index (χ2n) is 10.2. The Morgan fingerprint density at radius 1 is 1.11 bits per heavy atom. The zero-order valence-corrected chi connectivity index (χ0v) is 25.7. The van der Waals surface area contributed by atoms with E-state index in [9.17, 15) is 19.2 Å². The van der Waals surface area contributed by atoms with Crippen molar-refractivity contribution < 1.29 is 37.4 Å². The molecule has 0 spiro atoms. The van der Waals surface area contributed by atoms with Crippen molar-refractivity contribution in [3.8, 4) is 0 Å². The van der Waals surface area contributed by atoms with Gasteiger partial charge in [0, 0.05) is 63.3 Å². The molecule has 0 saturated carbocycles. The number of esters is 1. The summed E-state index contributed by atoms with van der Waals surface area (Å²) in [5.74, 6) is -3.34. The lowest BCUT2D eigenvalue weighted by Crippen LogP contribution is -2.51. The molecule has 5 rings (SSSR count). The van der Waals surface area contributed by atoms with Crippen LogP contribution in [0.15, 0.2) is 36.9 Å². The van der Waals surface area contributed by atoms with Gasteiger partial charge in [-0.25, -0.2) is 18.6 Å². The molecule has 2 saturated heterocycles. The summed E-state index contributed by atoms with van der Waals surface area (Å²) < 4.78 is 40.4. The first-order valence-electron chi connectivity index (χ1n) is 13.7. The Labute approximate surface area is 269 Å². The maximum atomic E-state index is 15.2. The maximum absolute atomic E-state index is 15.2. The number of benzene rings is 1. The van der Waals surface area contributed by atoms with Gasteiger partial charge in [0.2, 0.25) is 9.70 Å². The molecule has 1 aromatic carbocycles. The number of hydrogen-bond acceptors (Lipinski definition) is 9. The molecule has 240 valence electrons. The third-order valence-electron chi connectivity index (χ3n) is 7.10. The van der Waals surface area contributed by atoms with Crippen LogP contribution >= 0.6 is 34.8 Å². The molecule has 2 aliphatic heterocycles. The molecule has 0 aliphatic carbocycles. The van der Waals surface area contributed by atoms with E-state index in [0.29, 0.717) is 5.65 Å². The zero-order chi connectivity index (χ0) is 32.3. The molecule has 0 radical (unpaired) electrons. The fourth-order valence-corrected chi connectivity index (χ4v) is 5.06. The second-order valence-corrected chi connectivity index (χ2v) is 12.7. The third-order valence-corrected chi connectivity index (χ3v) is 7.43. The Morgan fingerprint density at radius 2 is 1.82 bits per heavy atom. The van der Waals surface area contributed by atoms with Gasteiger partial charge in [-0.3, -0.25) is 24.3 Å².